The van der Waals surface area contributed by atoms with Crippen LogP contribution in [0.5, 0.6) is 0 Å². The number of hydrogen-bond donors (Lipinski definition) is 2. The van der Waals surface area contributed by atoms with Crippen molar-refractivity contribution in [3.63, 3.8) is 0 Å². The number of ether oxygens (including phenoxy) is 1. The van der Waals surface area contributed by atoms with Crippen molar-refractivity contribution in [3.05, 3.63) is 0 Å². The number of aliphatic carboxylic acids is 1. The topological polar surface area (TPSA) is 95.9 Å². The highest BCUT2D eigenvalue weighted by molar-refractivity contribution is 5.83. The number of rotatable bonds is 6. The van der Waals surface area contributed by atoms with Crippen LogP contribution in [0.3, 0.4) is 0 Å². The van der Waals surface area contributed by atoms with E-state index in [0.29, 0.717) is 13.0 Å². The first-order valence-corrected chi connectivity index (χ1v) is 4.82. The summed E-state index contributed by atoms with van der Waals surface area (Å²) in [6.07, 6.45) is 0.664. The van der Waals surface area contributed by atoms with Gasteiger partial charge in [0.25, 0.3) is 0 Å². The first kappa shape index (κ1) is 14.2. The molecular formula is C9H16N2O5. The van der Waals surface area contributed by atoms with Gasteiger partial charge in [-0.2, -0.15) is 0 Å². The number of carboxylic acid groups (broad SMARTS) is 1. The molecule has 0 heterocycles. The lowest BCUT2D eigenvalue weighted by Gasteiger charge is -2.20. The minimum atomic E-state index is -1.14. The zero-order chi connectivity index (χ0) is 12.6. The Morgan fingerprint density at radius 1 is 1.38 bits per heavy atom. The molecule has 0 aliphatic rings. The normalized spacial score (nSPS) is 9.38. The van der Waals surface area contributed by atoms with Gasteiger partial charge in [0.1, 0.15) is 13.1 Å². The second kappa shape index (κ2) is 7.49. The number of amides is 2. The summed E-state index contributed by atoms with van der Waals surface area (Å²) in [5.41, 5.74) is 0. The zero-order valence-electron chi connectivity index (χ0n) is 9.36. The third kappa shape index (κ3) is 5.84. The van der Waals surface area contributed by atoms with Gasteiger partial charge < -0.3 is 20.1 Å². The molecule has 0 saturated heterocycles. The van der Waals surface area contributed by atoms with Crippen molar-refractivity contribution in [1.29, 1.82) is 0 Å². The number of nitrogens with zero attached hydrogens (tertiary/aromatic N) is 1. The first-order valence-electron chi connectivity index (χ1n) is 4.82. The molecular weight excluding hydrogens is 216 g/mol. The maximum Gasteiger partial charge on any atom is 0.325 e. The molecule has 0 radical (unpaired) electrons. The molecule has 0 atom stereocenters. The molecule has 0 aromatic carbocycles. The number of urea groups is 1. The molecule has 0 aliphatic carbocycles. The van der Waals surface area contributed by atoms with Gasteiger partial charge in [0.05, 0.1) is 7.11 Å². The first-order chi connectivity index (χ1) is 7.51. The summed E-state index contributed by atoms with van der Waals surface area (Å²) in [6, 6.07) is -0.588. The summed E-state index contributed by atoms with van der Waals surface area (Å²) >= 11 is 0. The highest BCUT2D eigenvalue weighted by Crippen LogP contribution is 1.93. The van der Waals surface area contributed by atoms with Crippen LogP contribution in [-0.2, 0) is 14.3 Å². The van der Waals surface area contributed by atoms with Crippen molar-refractivity contribution < 1.29 is 24.2 Å². The second-order valence-electron chi connectivity index (χ2n) is 3.05. The lowest BCUT2D eigenvalue weighted by molar-refractivity contribution is -0.141. The lowest BCUT2D eigenvalue weighted by atomic mass is 10.4. The van der Waals surface area contributed by atoms with Gasteiger partial charge in [-0.15, -0.1) is 0 Å². The van der Waals surface area contributed by atoms with Gasteiger partial charge >= 0.3 is 18.0 Å². The van der Waals surface area contributed by atoms with Crippen LogP contribution in [-0.4, -0.2) is 54.7 Å². The minimum Gasteiger partial charge on any atom is -0.480 e. The Morgan fingerprint density at radius 3 is 2.44 bits per heavy atom. The van der Waals surface area contributed by atoms with Crippen molar-refractivity contribution in [2.75, 3.05) is 26.7 Å². The second-order valence-corrected chi connectivity index (χ2v) is 3.05. The van der Waals surface area contributed by atoms with Crippen LogP contribution in [0.15, 0.2) is 0 Å². The smallest absolute Gasteiger partial charge is 0.325 e. The number of carbonyl (C=O) groups is 3. The minimum absolute atomic E-state index is 0.185. The Hall–Kier alpha value is -1.79. The van der Waals surface area contributed by atoms with Crippen LogP contribution in [0, 0.1) is 0 Å². The molecule has 0 fully saturated rings. The average molecular weight is 232 g/mol. The van der Waals surface area contributed by atoms with E-state index in [2.05, 4.69) is 10.1 Å². The molecule has 7 nitrogen and oxygen atoms in total. The molecule has 0 aliphatic heterocycles. The molecule has 0 bridgehead atoms. The fourth-order valence-corrected chi connectivity index (χ4v) is 1.01. The van der Waals surface area contributed by atoms with Gasteiger partial charge in [-0.3, -0.25) is 9.59 Å². The van der Waals surface area contributed by atoms with Gasteiger partial charge in [-0.25, -0.2) is 4.79 Å². The molecule has 2 amide bonds. The predicted octanol–water partition coefficient (Wildman–Crippen LogP) is -0.334. The van der Waals surface area contributed by atoms with Crippen molar-refractivity contribution in [3.8, 4) is 0 Å². The third-order valence-corrected chi connectivity index (χ3v) is 1.72. The molecule has 0 aromatic rings. The number of hydrogen-bond acceptors (Lipinski definition) is 4. The molecule has 0 unspecified atom stereocenters. The van der Waals surface area contributed by atoms with E-state index in [1.807, 2.05) is 6.92 Å². The summed E-state index contributed by atoms with van der Waals surface area (Å²) in [7, 11) is 1.22. The monoisotopic (exact) mass is 232 g/mol. The Labute approximate surface area is 93.4 Å². The van der Waals surface area contributed by atoms with Crippen molar-refractivity contribution in [2.24, 2.45) is 0 Å². The van der Waals surface area contributed by atoms with E-state index in [0.717, 1.165) is 0 Å². The summed E-state index contributed by atoms with van der Waals surface area (Å²) in [4.78, 5) is 33.9. The van der Waals surface area contributed by atoms with Gasteiger partial charge in [-0.05, 0) is 6.42 Å². The van der Waals surface area contributed by atoms with E-state index in [1.165, 1.54) is 12.0 Å². The fraction of sp³-hybridized carbons (Fsp3) is 0.667. The maximum atomic E-state index is 11.4. The summed E-state index contributed by atoms with van der Waals surface area (Å²) in [5, 5.41) is 10.6. The number of nitrogens with one attached hydrogen (secondary N) is 1. The number of carboxylic acids is 1. The highest BCUT2D eigenvalue weighted by atomic mass is 16.5. The van der Waals surface area contributed by atoms with Gasteiger partial charge in [0, 0.05) is 6.54 Å². The van der Waals surface area contributed by atoms with Crippen molar-refractivity contribution in [1.82, 2.24) is 10.2 Å². The molecule has 16 heavy (non-hydrogen) atoms. The molecule has 7 heteroatoms. The fourth-order valence-electron chi connectivity index (χ4n) is 1.01. The Kier molecular flexibility index (Phi) is 6.66. The van der Waals surface area contributed by atoms with Gasteiger partial charge in [0.15, 0.2) is 0 Å². The number of carbonyl (C=O) groups excluding carboxylic acids is 2. The Balaban J connectivity index is 4.22. The summed E-state index contributed by atoms with van der Waals surface area (Å²) < 4.78 is 4.43. The van der Waals surface area contributed by atoms with Crippen molar-refractivity contribution >= 4 is 18.0 Å². The summed E-state index contributed by atoms with van der Waals surface area (Å²) in [6.45, 7) is 1.55. The third-order valence-electron chi connectivity index (χ3n) is 1.72. The molecule has 0 spiro atoms. The van der Waals surface area contributed by atoms with Crippen LogP contribution in [0.4, 0.5) is 4.79 Å². The standard InChI is InChI=1S/C9H16N2O5/c1-3-4-11(6-8(14)16-2)9(15)10-5-7(12)13/h3-6H2,1-2H3,(H,10,15)(H,12,13). The van der Waals surface area contributed by atoms with E-state index < -0.39 is 24.5 Å². The largest absolute Gasteiger partial charge is 0.480 e. The Bertz CT molecular complexity index is 267. The molecule has 0 aromatic heterocycles. The number of methoxy groups -OCH3 is 1. The average Bonchev–Trinajstić information content (AvgIpc) is 2.24. The van der Waals surface area contributed by atoms with E-state index in [9.17, 15) is 14.4 Å². The SMILES string of the molecule is CCCN(CC(=O)OC)C(=O)NCC(=O)O. The van der Waals surface area contributed by atoms with Gasteiger partial charge in [0.2, 0.25) is 0 Å². The summed E-state index contributed by atoms with van der Waals surface area (Å²) in [5.74, 6) is -1.68. The van der Waals surface area contributed by atoms with Crippen LogP contribution in [0.2, 0.25) is 0 Å². The van der Waals surface area contributed by atoms with Crippen LogP contribution in [0.25, 0.3) is 0 Å². The zero-order valence-corrected chi connectivity index (χ0v) is 9.36. The van der Waals surface area contributed by atoms with Crippen molar-refractivity contribution in [2.45, 2.75) is 13.3 Å². The van der Waals surface area contributed by atoms with Crippen LogP contribution >= 0.6 is 0 Å². The van der Waals surface area contributed by atoms with E-state index in [-0.39, 0.29) is 6.54 Å². The van der Waals surface area contributed by atoms with E-state index in [1.54, 1.807) is 0 Å². The maximum absolute atomic E-state index is 11.4. The van der Waals surface area contributed by atoms with Gasteiger partial charge in [-0.1, -0.05) is 6.92 Å². The Morgan fingerprint density at radius 2 is 2.00 bits per heavy atom. The highest BCUT2D eigenvalue weighted by Gasteiger charge is 2.16. The molecule has 92 valence electrons. The molecule has 0 rings (SSSR count). The number of esters is 1. The lowest BCUT2D eigenvalue weighted by Crippen LogP contribution is -2.44. The quantitative estimate of drug-likeness (QED) is 0.611. The predicted molar refractivity (Wildman–Crippen MR) is 54.9 cm³/mol. The van der Waals surface area contributed by atoms with E-state index >= 15 is 0 Å². The molecule has 0 saturated carbocycles. The van der Waals surface area contributed by atoms with Crippen LogP contribution in [0.1, 0.15) is 13.3 Å². The van der Waals surface area contributed by atoms with Crippen LogP contribution < -0.4 is 5.32 Å². The van der Waals surface area contributed by atoms with E-state index in [4.69, 9.17) is 5.11 Å². The molecule has 2 N–H and O–H groups in total.